The predicted octanol–water partition coefficient (Wildman–Crippen LogP) is 4.67. The molecule has 1 aliphatic rings. The Morgan fingerprint density at radius 2 is 1.70 bits per heavy atom. The second kappa shape index (κ2) is 7.55. The van der Waals surface area contributed by atoms with Gasteiger partial charge in [0, 0.05) is 12.3 Å². The fourth-order valence-electron chi connectivity index (χ4n) is 3.01. The first-order valence-electron chi connectivity index (χ1n) is 7.96. The first-order chi connectivity index (χ1) is 11.3. The van der Waals surface area contributed by atoms with Crippen LogP contribution in [0.25, 0.3) is 0 Å². The number of hydrogen-bond donors (Lipinski definition) is 0. The minimum absolute atomic E-state index is 0.00333. The van der Waals surface area contributed by atoms with E-state index in [1.807, 2.05) is 47.9 Å². The molecule has 2 atom stereocenters. The molecule has 3 nitrogen and oxygen atoms in total. The first-order valence-corrected chi connectivity index (χ1v) is 9.01. The molecule has 120 valence electrons. The molecule has 0 saturated carbocycles. The second-order valence-corrected chi connectivity index (χ2v) is 6.70. The van der Waals surface area contributed by atoms with Gasteiger partial charge >= 0.3 is 6.09 Å². The molecule has 0 aromatic heterocycles. The van der Waals surface area contributed by atoms with E-state index in [0.717, 1.165) is 11.3 Å². The van der Waals surface area contributed by atoms with Gasteiger partial charge in [0.2, 0.25) is 0 Å². The zero-order chi connectivity index (χ0) is 16.1. The summed E-state index contributed by atoms with van der Waals surface area (Å²) in [5.74, 6) is 0.918. The van der Waals surface area contributed by atoms with Crippen LogP contribution in [0.1, 0.15) is 29.3 Å². The maximum Gasteiger partial charge on any atom is 0.410 e. The zero-order valence-electron chi connectivity index (χ0n) is 13.2. The molecule has 1 saturated heterocycles. The highest BCUT2D eigenvalue weighted by Crippen LogP contribution is 2.46. The third-order valence-electron chi connectivity index (χ3n) is 4.02. The lowest BCUT2D eigenvalue weighted by Crippen LogP contribution is -2.42. The Morgan fingerprint density at radius 3 is 2.30 bits per heavy atom. The van der Waals surface area contributed by atoms with Gasteiger partial charge in [0.15, 0.2) is 0 Å². The standard InChI is InChI=1S/C19H21NO2S/c1-2-22-19(21)20-13-14-23-18(16-11-7-4-8-12-16)17(20)15-9-5-3-6-10-15/h3-12,17-18H,2,13-14H2,1H3/t17-,18-/m1/s1. The fraction of sp³-hybridized carbons (Fsp3) is 0.316. The Labute approximate surface area is 141 Å². The molecule has 23 heavy (non-hydrogen) atoms. The van der Waals surface area contributed by atoms with Crippen LogP contribution >= 0.6 is 11.8 Å². The van der Waals surface area contributed by atoms with Crippen molar-refractivity contribution in [2.24, 2.45) is 0 Å². The zero-order valence-corrected chi connectivity index (χ0v) is 14.0. The van der Waals surface area contributed by atoms with Crippen molar-refractivity contribution in [3.63, 3.8) is 0 Å². The Balaban J connectivity index is 1.99. The lowest BCUT2D eigenvalue weighted by atomic mass is 9.96. The molecule has 4 heteroatoms. The number of carbonyl (C=O) groups is 1. The van der Waals surface area contributed by atoms with Crippen LogP contribution < -0.4 is 0 Å². The van der Waals surface area contributed by atoms with Crippen molar-refractivity contribution in [3.05, 3.63) is 71.8 Å². The average Bonchev–Trinajstić information content (AvgIpc) is 2.63. The summed E-state index contributed by atoms with van der Waals surface area (Å²) >= 11 is 1.91. The maximum absolute atomic E-state index is 12.5. The summed E-state index contributed by atoms with van der Waals surface area (Å²) in [4.78, 5) is 14.3. The summed E-state index contributed by atoms with van der Waals surface area (Å²) in [5.41, 5.74) is 2.40. The van der Waals surface area contributed by atoms with Crippen LogP contribution in [0.2, 0.25) is 0 Å². The van der Waals surface area contributed by atoms with Crippen LogP contribution in [0.3, 0.4) is 0 Å². The van der Waals surface area contributed by atoms with Gasteiger partial charge in [-0.2, -0.15) is 0 Å². The van der Waals surface area contributed by atoms with Crippen LogP contribution in [0.5, 0.6) is 0 Å². The minimum atomic E-state index is -0.220. The number of thioether (sulfide) groups is 1. The third-order valence-corrected chi connectivity index (χ3v) is 5.33. The molecule has 0 unspecified atom stereocenters. The summed E-state index contributed by atoms with van der Waals surface area (Å²) in [6, 6.07) is 20.7. The second-order valence-electron chi connectivity index (χ2n) is 5.45. The average molecular weight is 327 g/mol. The quantitative estimate of drug-likeness (QED) is 0.820. The largest absolute Gasteiger partial charge is 0.450 e. The van der Waals surface area contributed by atoms with E-state index in [9.17, 15) is 4.79 Å². The van der Waals surface area contributed by atoms with Gasteiger partial charge in [0.25, 0.3) is 0 Å². The van der Waals surface area contributed by atoms with Crippen molar-refractivity contribution in [1.82, 2.24) is 4.90 Å². The number of rotatable bonds is 3. The van der Waals surface area contributed by atoms with Gasteiger partial charge in [0.05, 0.1) is 17.9 Å². The van der Waals surface area contributed by atoms with Gasteiger partial charge < -0.3 is 4.74 Å². The van der Waals surface area contributed by atoms with Crippen molar-refractivity contribution >= 4 is 17.9 Å². The topological polar surface area (TPSA) is 29.5 Å². The molecule has 0 bridgehead atoms. The summed E-state index contributed by atoms with van der Waals surface area (Å²) in [5, 5.41) is 0.219. The Hall–Kier alpha value is -1.94. The van der Waals surface area contributed by atoms with Crippen molar-refractivity contribution < 1.29 is 9.53 Å². The van der Waals surface area contributed by atoms with Gasteiger partial charge in [-0.25, -0.2) is 4.79 Å². The Bertz CT molecular complexity index is 632. The summed E-state index contributed by atoms with van der Waals surface area (Å²) in [6.07, 6.45) is -0.220. The van der Waals surface area contributed by atoms with Crippen LogP contribution in [0.4, 0.5) is 4.79 Å². The molecule has 2 aromatic carbocycles. The Kier molecular flexibility index (Phi) is 5.23. The highest BCUT2D eigenvalue weighted by molar-refractivity contribution is 7.99. The summed E-state index contributed by atoms with van der Waals surface area (Å²) in [6.45, 7) is 2.97. The molecule has 1 heterocycles. The van der Waals surface area contributed by atoms with Gasteiger partial charge in [-0.3, -0.25) is 4.90 Å². The number of carbonyl (C=O) groups excluding carboxylic acids is 1. The lowest BCUT2D eigenvalue weighted by molar-refractivity contribution is 0.0899. The van der Waals surface area contributed by atoms with E-state index in [0.29, 0.717) is 13.2 Å². The minimum Gasteiger partial charge on any atom is -0.450 e. The molecule has 1 fully saturated rings. The van der Waals surface area contributed by atoms with Crippen LogP contribution in [0.15, 0.2) is 60.7 Å². The summed E-state index contributed by atoms with van der Waals surface area (Å²) in [7, 11) is 0. The summed E-state index contributed by atoms with van der Waals surface area (Å²) < 4.78 is 5.30. The maximum atomic E-state index is 12.5. The molecule has 3 rings (SSSR count). The van der Waals surface area contributed by atoms with E-state index in [4.69, 9.17) is 4.74 Å². The molecule has 1 aliphatic heterocycles. The predicted molar refractivity (Wildman–Crippen MR) is 94.6 cm³/mol. The molecular weight excluding hydrogens is 306 g/mol. The monoisotopic (exact) mass is 327 g/mol. The highest BCUT2D eigenvalue weighted by Gasteiger charge is 2.37. The van der Waals surface area contributed by atoms with Gasteiger partial charge in [0.1, 0.15) is 0 Å². The molecular formula is C19H21NO2S. The van der Waals surface area contributed by atoms with Gasteiger partial charge in [-0.15, -0.1) is 11.8 Å². The van der Waals surface area contributed by atoms with E-state index < -0.39 is 0 Å². The molecule has 1 amide bonds. The normalized spacial score (nSPS) is 21.0. The smallest absolute Gasteiger partial charge is 0.410 e. The third kappa shape index (κ3) is 3.53. The number of hydrogen-bond acceptors (Lipinski definition) is 3. The van der Waals surface area contributed by atoms with Gasteiger partial charge in [-0.05, 0) is 18.1 Å². The van der Waals surface area contributed by atoms with E-state index in [1.165, 1.54) is 5.56 Å². The lowest BCUT2D eigenvalue weighted by Gasteiger charge is -2.40. The van der Waals surface area contributed by atoms with Crippen LogP contribution in [-0.4, -0.2) is 29.9 Å². The number of nitrogens with zero attached hydrogens (tertiary/aromatic N) is 1. The number of benzene rings is 2. The fourth-order valence-corrected chi connectivity index (χ4v) is 4.40. The van der Waals surface area contributed by atoms with Crippen molar-refractivity contribution in [3.8, 4) is 0 Å². The van der Waals surface area contributed by atoms with Crippen molar-refractivity contribution in [2.75, 3.05) is 18.9 Å². The van der Waals surface area contributed by atoms with E-state index >= 15 is 0 Å². The highest BCUT2D eigenvalue weighted by atomic mass is 32.2. The van der Waals surface area contributed by atoms with Gasteiger partial charge in [-0.1, -0.05) is 60.7 Å². The van der Waals surface area contributed by atoms with Crippen molar-refractivity contribution in [1.29, 1.82) is 0 Å². The molecule has 0 spiro atoms. The first kappa shape index (κ1) is 15.9. The SMILES string of the molecule is CCOC(=O)N1CCS[C@H](c2ccccc2)[C@H]1c1ccccc1. The van der Waals surface area contributed by atoms with Crippen LogP contribution in [0, 0.1) is 0 Å². The van der Waals surface area contributed by atoms with E-state index in [1.54, 1.807) is 0 Å². The van der Waals surface area contributed by atoms with Crippen LogP contribution in [-0.2, 0) is 4.74 Å². The number of ether oxygens (including phenoxy) is 1. The van der Waals surface area contributed by atoms with E-state index in [-0.39, 0.29) is 17.4 Å². The van der Waals surface area contributed by atoms with E-state index in [2.05, 4.69) is 36.4 Å². The Morgan fingerprint density at radius 1 is 1.09 bits per heavy atom. The molecule has 0 N–H and O–H groups in total. The number of amides is 1. The molecule has 2 aromatic rings. The molecule has 0 radical (unpaired) electrons. The molecule has 0 aliphatic carbocycles. The van der Waals surface area contributed by atoms with Crippen molar-refractivity contribution in [2.45, 2.75) is 18.2 Å².